The van der Waals surface area contributed by atoms with Crippen LogP contribution in [-0.2, 0) is 0 Å². The largest absolute Gasteiger partial charge is 0.319 e. The number of nitrogens with zero attached hydrogens (tertiary/aromatic N) is 2. The molecule has 0 aliphatic rings. The van der Waals surface area contributed by atoms with Crippen molar-refractivity contribution in [1.82, 2.24) is 9.97 Å². The van der Waals surface area contributed by atoms with Gasteiger partial charge in [-0.3, -0.25) is 10.2 Å². The second-order valence-corrected chi connectivity index (χ2v) is 6.46. The standard InChI is InChI=1S/C21H14ClFN4O/c22-14-8-11-17-18(12-14)25-21(28)20(24-17)19(13-6-9-15(23)10-7-13)27-26-16-4-2-1-3-5-16/h1-12,26H,(H,25,28)/b27-19+. The highest BCUT2D eigenvalue weighted by Gasteiger charge is 2.15. The lowest BCUT2D eigenvalue weighted by molar-refractivity contribution is 0.628. The number of aromatic nitrogens is 2. The van der Waals surface area contributed by atoms with Gasteiger partial charge in [0.2, 0.25) is 0 Å². The summed E-state index contributed by atoms with van der Waals surface area (Å²) in [5.74, 6) is -0.380. The van der Waals surface area contributed by atoms with Gasteiger partial charge in [-0.25, -0.2) is 9.37 Å². The maximum absolute atomic E-state index is 13.4. The lowest BCUT2D eigenvalue weighted by atomic mass is 10.1. The van der Waals surface area contributed by atoms with Gasteiger partial charge in [0.15, 0.2) is 5.69 Å². The molecule has 0 bridgehead atoms. The van der Waals surface area contributed by atoms with Gasteiger partial charge >= 0.3 is 0 Å². The van der Waals surface area contributed by atoms with E-state index < -0.39 is 5.56 Å². The Morgan fingerprint density at radius 3 is 2.54 bits per heavy atom. The van der Waals surface area contributed by atoms with Gasteiger partial charge in [-0.2, -0.15) is 5.10 Å². The van der Waals surface area contributed by atoms with Crippen LogP contribution in [0.4, 0.5) is 10.1 Å². The molecule has 1 heterocycles. The molecule has 0 saturated carbocycles. The first kappa shape index (κ1) is 17.9. The van der Waals surface area contributed by atoms with Gasteiger partial charge in [0.1, 0.15) is 11.5 Å². The Morgan fingerprint density at radius 2 is 1.79 bits per heavy atom. The normalized spacial score (nSPS) is 11.6. The van der Waals surface area contributed by atoms with Crippen LogP contribution in [0.15, 0.2) is 82.7 Å². The van der Waals surface area contributed by atoms with E-state index in [1.54, 1.807) is 30.3 Å². The third kappa shape index (κ3) is 3.77. The van der Waals surface area contributed by atoms with E-state index in [0.29, 0.717) is 27.3 Å². The predicted molar refractivity (Wildman–Crippen MR) is 109 cm³/mol. The highest BCUT2D eigenvalue weighted by atomic mass is 35.5. The van der Waals surface area contributed by atoms with E-state index in [0.717, 1.165) is 5.69 Å². The van der Waals surface area contributed by atoms with Gasteiger partial charge in [-0.15, -0.1) is 0 Å². The van der Waals surface area contributed by atoms with Crippen molar-refractivity contribution in [3.05, 3.63) is 105 Å². The second kappa shape index (κ2) is 7.62. The molecule has 7 heteroatoms. The van der Waals surface area contributed by atoms with E-state index >= 15 is 0 Å². The van der Waals surface area contributed by atoms with Gasteiger partial charge in [0.25, 0.3) is 5.56 Å². The number of nitrogens with one attached hydrogen (secondary N) is 2. The molecule has 0 aliphatic heterocycles. The number of H-pyrrole nitrogens is 1. The molecular weight excluding hydrogens is 379 g/mol. The Hall–Kier alpha value is -3.51. The number of hydrazone groups is 1. The average molecular weight is 393 g/mol. The van der Waals surface area contributed by atoms with E-state index in [2.05, 4.69) is 20.5 Å². The average Bonchev–Trinajstić information content (AvgIpc) is 2.70. The molecular formula is C21H14ClFN4O. The van der Waals surface area contributed by atoms with Gasteiger partial charge in [-0.1, -0.05) is 29.8 Å². The first-order valence-corrected chi connectivity index (χ1v) is 8.82. The predicted octanol–water partition coefficient (Wildman–Crippen LogP) is 4.58. The molecule has 0 saturated heterocycles. The summed E-state index contributed by atoms with van der Waals surface area (Å²) < 4.78 is 13.4. The smallest absolute Gasteiger partial charge is 0.276 e. The van der Waals surface area contributed by atoms with Crippen LogP contribution in [-0.4, -0.2) is 15.7 Å². The fourth-order valence-corrected chi connectivity index (χ4v) is 2.89. The van der Waals surface area contributed by atoms with Crippen LogP contribution >= 0.6 is 11.6 Å². The molecule has 0 aliphatic carbocycles. The van der Waals surface area contributed by atoms with Crippen LogP contribution in [0, 0.1) is 5.82 Å². The highest BCUT2D eigenvalue weighted by molar-refractivity contribution is 6.31. The number of hydrogen-bond donors (Lipinski definition) is 2. The Kier molecular flexibility index (Phi) is 4.87. The lowest BCUT2D eigenvalue weighted by Gasteiger charge is -2.09. The molecule has 0 amide bonds. The number of fused-ring (bicyclic) bond motifs is 1. The molecule has 2 N–H and O–H groups in total. The van der Waals surface area contributed by atoms with Crippen LogP contribution in [0.25, 0.3) is 11.0 Å². The number of benzene rings is 3. The quantitative estimate of drug-likeness (QED) is 0.394. The zero-order valence-electron chi connectivity index (χ0n) is 14.5. The molecule has 138 valence electrons. The van der Waals surface area contributed by atoms with Crippen LogP contribution in [0.1, 0.15) is 11.3 Å². The van der Waals surface area contributed by atoms with E-state index in [-0.39, 0.29) is 11.5 Å². The maximum atomic E-state index is 13.4. The molecule has 4 aromatic rings. The first-order valence-electron chi connectivity index (χ1n) is 8.45. The van der Waals surface area contributed by atoms with Crippen molar-refractivity contribution in [2.45, 2.75) is 0 Å². The summed E-state index contributed by atoms with van der Waals surface area (Å²) in [6.45, 7) is 0. The van der Waals surface area contributed by atoms with Crippen LogP contribution in [0.5, 0.6) is 0 Å². The SMILES string of the molecule is O=c1[nH]c2cc(Cl)ccc2nc1/C(=N/Nc1ccccc1)c1ccc(F)cc1. The first-order chi connectivity index (χ1) is 13.6. The molecule has 0 spiro atoms. The minimum absolute atomic E-state index is 0.116. The Morgan fingerprint density at radius 1 is 1.04 bits per heavy atom. The van der Waals surface area contributed by atoms with E-state index in [1.165, 1.54) is 12.1 Å². The van der Waals surface area contributed by atoms with Crippen molar-refractivity contribution in [3.63, 3.8) is 0 Å². The van der Waals surface area contributed by atoms with E-state index in [1.807, 2.05) is 30.3 Å². The summed E-state index contributed by atoms with van der Waals surface area (Å²) in [6, 6.07) is 20.0. The fourth-order valence-electron chi connectivity index (χ4n) is 2.71. The van der Waals surface area contributed by atoms with Gasteiger partial charge in [0.05, 0.1) is 16.7 Å². The molecule has 0 radical (unpaired) electrons. The number of aromatic amines is 1. The van der Waals surface area contributed by atoms with Crippen LogP contribution in [0.3, 0.4) is 0 Å². The van der Waals surface area contributed by atoms with E-state index in [9.17, 15) is 9.18 Å². The summed E-state index contributed by atoms with van der Waals surface area (Å²) in [4.78, 5) is 19.9. The zero-order chi connectivity index (χ0) is 19.5. The number of hydrogen-bond acceptors (Lipinski definition) is 4. The number of anilines is 1. The maximum Gasteiger partial charge on any atom is 0.276 e. The highest BCUT2D eigenvalue weighted by Crippen LogP contribution is 2.16. The molecule has 5 nitrogen and oxygen atoms in total. The van der Waals surface area contributed by atoms with Crippen LogP contribution in [0.2, 0.25) is 5.02 Å². The summed E-state index contributed by atoms with van der Waals surface area (Å²) in [5, 5.41) is 4.88. The molecule has 0 atom stereocenters. The minimum atomic E-state index is -0.423. The van der Waals surface area contributed by atoms with Crippen molar-refractivity contribution in [1.29, 1.82) is 0 Å². The summed E-state index contributed by atoms with van der Waals surface area (Å²) in [6.07, 6.45) is 0. The number of para-hydroxylation sites is 1. The van der Waals surface area contributed by atoms with Crippen molar-refractivity contribution in [3.8, 4) is 0 Å². The van der Waals surface area contributed by atoms with E-state index in [4.69, 9.17) is 11.6 Å². The molecule has 28 heavy (non-hydrogen) atoms. The Bertz CT molecular complexity index is 1220. The van der Waals surface area contributed by atoms with Gasteiger partial charge in [0, 0.05) is 10.6 Å². The monoisotopic (exact) mass is 392 g/mol. The Labute approximate surface area is 164 Å². The number of halogens is 2. The summed E-state index contributed by atoms with van der Waals surface area (Å²) in [7, 11) is 0. The molecule has 4 rings (SSSR count). The molecule has 1 aromatic heterocycles. The topological polar surface area (TPSA) is 70.1 Å². The third-order valence-electron chi connectivity index (χ3n) is 4.07. The molecule has 0 fully saturated rings. The zero-order valence-corrected chi connectivity index (χ0v) is 15.2. The molecule has 3 aromatic carbocycles. The Balaban J connectivity index is 1.86. The fraction of sp³-hybridized carbons (Fsp3) is 0. The lowest BCUT2D eigenvalue weighted by Crippen LogP contribution is -2.22. The van der Waals surface area contributed by atoms with Crippen molar-refractivity contribution in [2.75, 3.05) is 5.43 Å². The van der Waals surface area contributed by atoms with Crippen molar-refractivity contribution >= 4 is 34.0 Å². The summed E-state index contributed by atoms with van der Waals surface area (Å²) >= 11 is 5.98. The van der Waals surface area contributed by atoms with Crippen LogP contribution < -0.4 is 11.0 Å². The van der Waals surface area contributed by atoms with Crippen molar-refractivity contribution < 1.29 is 4.39 Å². The van der Waals surface area contributed by atoms with Gasteiger partial charge < -0.3 is 4.98 Å². The minimum Gasteiger partial charge on any atom is -0.319 e. The molecule has 0 unspecified atom stereocenters. The van der Waals surface area contributed by atoms with Gasteiger partial charge in [-0.05, 0) is 54.6 Å². The number of rotatable bonds is 4. The summed E-state index contributed by atoms with van der Waals surface area (Å²) in [5.41, 5.74) is 5.29. The van der Waals surface area contributed by atoms with Crippen molar-refractivity contribution in [2.24, 2.45) is 5.10 Å². The third-order valence-corrected chi connectivity index (χ3v) is 4.30. The second-order valence-electron chi connectivity index (χ2n) is 6.02.